The maximum atomic E-state index is 13.5. The van der Waals surface area contributed by atoms with Crippen LogP contribution in [0.5, 0.6) is 0 Å². The average Bonchev–Trinajstić information content (AvgIpc) is 2.84. The molecule has 1 aromatic rings. The van der Waals surface area contributed by atoms with Gasteiger partial charge in [-0.05, 0) is 48.9 Å². The second kappa shape index (κ2) is 13.7. The van der Waals surface area contributed by atoms with E-state index in [2.05, 4.69) is 26.6 Å². The van der Waals surface area contributed by atoms with Crippen LogP contribution in [0.4, 0.5) is 0 Å². The van der Waals surface area contributed by atoms with Crippen molar-refractivity contribution in [1.82, 2.24) is 20.6 Å². The Labute approximate surface area is 222 Å². The summed E-state index contributed by atoms with van der Waals surface area (Å²) in [6.07, 6.45) is 3.65. The third-order valence-electron chi connectivity index (χ3n) is 6.45. The molecule has 4 amide bonds. The lowest BCUT2D eigenvalue weighted by Crippen LogP contribution is -2.58. The van der Waals surface area contributed by atoms with Crippen LogP contribution in [0.25, 0.3) is 0 Å². The van der Waals surface area contributed by atoms with E-state index in [-0.39, 0.29) is 36.7 Å². The molecule has 2 atom stereocenters. The summed E-state index contributed by atoms with van der Waals surface area (Å²) < 4.78 is 0.903. The molecule has 10 heteroatoms. The molecular weight excluding hydrogens is 528 g/mol. The lowest BCUT2D eigenvalue weighted by atomic mass is 9.84. The van der Waals surface area contributed by atoms with Gasteiger partial charge in [0.05, 0.1) is 12.5 Å². The molecule has 1 aliphatic heterocycles. The molecule has 0 unspecified atom stereocenters. The zero-order chi connectivity index (χ0) is 26.9. The second-order valence-corrected chi connectivity index (χ2v) is 11.4. The standard InChI is InChI=1S/C26H39BrN4O5/c1-5-6-7-19(16-31(36)17-32)24(34)29-22(26(2,3)4)25(35)30-14-12-21(13-15-30)28-23(33)18-8-10-20(27)11-9-18/h8-11,17,19,21-22,36H,5-7,12-16H2,1-4H3,(H,28,33)(H,29,34)/t19-,22-/m1/s1. The van der Waals surface area contributed by atoms with E-state index in [4.69, 9.17) is 0 Å². The normalized spacial score (nSPS) is 16.1. The molecule has 36 heavy (non-hydrogen) atoms. The Bertz CT molecular complexity index is 895. The summed E-state index contributed by atoms with van der Waals surface area (Å²) >= 11 is 3.36. The van der Waals surface area contributed by atoms with Gasteiger partial charge in [0.2, 0.25) is 18.2 Å². The molecular formula is C26H39BrN4O5. The van der Waals surface area contributed by atoms with Gasteiger partial charge in [0.1, 0.15) is 6.04 Å². The number of hydrogen-bond donors (Lipinski definition) is 3. The molecule has 1 aliphatic rings. The molecule has 0 spiro atoms. The van der Waals surface area contributed by atoms with Crippen molar-refractivity contribution in [2.45, 2.75) is 71.9 Å². The first-order chi connectivity index (χ1) is 17.0. The van der Waals surface area contributed by atoms with Crippen molar-refractivity contribution in [1.29, 1.82) is 0 Å². The number of hydrogen-bond acceptors (Lipinski definition) is 5. The summed E-state index contributed by atoms with van der Waals surface area (Å²) in [5, 5.41) is 16.1. The summed E-state index contributed by atoms with van der Waals surface area (Å²) in [6, 6.07) is 6.36. The van der Waals surface area contributed by atoms with Gasteiger partial charge in [-0.25, -0.2) is 5.06 Å². The summed E-state index contributed by atoms with van der Waals surface area (Å²) in [4.78, 5) is 51.7. The fraction of sp³-hybridized carbons (Fsp3) is 0.615. The fourth-order valence-electron chi connectivity index (χ4n) is 4.23. The van der Waals surface area contributed by atoms with Crippen molar-refractivity contribution >= 4 is 40.1 Å². The second-order valence-electron chi connectivity index (χ2n) is 10.5. The number of nitrogens with one attached hydrogen (secondary N) is 2. The average molecular weight is 568 g/mol. The molecule has 3 N–H and O–H groups in total. The molecule has 1 aromatic carbocycles. The van der Waals surface area contributed by atoms with Crippen LogP contribution in [-0.2, 0) is 14.4 Å². The van der Waals surface area contributed by atoms with E-state index in [0.29, 0.717) is 43.0 Å². The van der Waals surface area contributed by atoms with Gasteiger partial charge in [0.25, 0.3) is 5.91 Å². The van der Waals surface area contributed by atoms with Gasteiger partial charge in [0.15, 0.2) is 0 Å². The molecule has 0 saturated carbocycles. The van der Waals surface area contributed by atoms with Crippen LogP contribution in [0.2, 0.25) is 0 Å². The van der Waals surface area contributed by atoms with Gasteiger partial charge in [-0.1, -0.05) is 56.5 Å². The zero-order valence-electron chi connectivity index (χ0n) is 21.6. The van der Waals surface area contributed by atoms with E-state index in [1.54, 1.807) is 17.0 Å². The first kappa shape index (κ1) is 29.8. The number of benzene rings is 1. The van der Waals surface area contributed by atoms with Crippen LogP contribution < -0.4 is 10.6 Å². The first-order valence-corrected chi connectivity index (χ1v) is 13.3. The third-order valence-corrected chi connectivity index (χ3v) is 6.98. The number of piperidine rings is 1. The number of likely N-dealkylation sites (tertiary alicyclic amines) is 1. The number of carbonyl (C=O) groups is 4. The van der Waals surface area contributed by atoms with E-state index in [1.807, 2.05) is 39.8 Å². The van der Waals surface area contributed by atoms with Crippen LogP contribution in [0.3, 0.4) is 0 Å². The molecule has 2 rings (SSSR count). The molecule has 9 nitrogen and oxygen atoms in total. The van der Waals surface area contributed by atoms with Gasteiger partial charge in [0, 0.05) is 29.2 Å². The zero-order valence-corrected chi connectivity index (χ0v) is 23.2. The fourth-order valence-corrected chi connectivity index (χ4v) is 4.49. The lowest BCUT2D eigenvalue weighted by molar-refractivity contribution is -0.155. The van der Waals surface area contributed by atoms with Crippen molar-refractivity contribution in [3.63, 3.8) is 0 Å². The predicted molar refractivity (Wildman–Crippen MR) is 140 cm³/mol. The summed E-state index contributed by atoms with van der Waals surface area (Å²) in [5.74, 6) is -1.27. The Morgan fingerprint density at radius 1 is 1.19 bits per heavy atom. The van der Waals surface area contributed by atoms with Crippen LogP contribution >= 0.6 is 15.9 Å². The molecule has 200 valence electrons. The van der Waals surface area contributed by atoms with Crippen molar-refractivity contribution in [2.75, 3.05) is 19.6 Å². The maximum Gasteiger partial charge on any atom is 0.251 e. The van der Waals surface area contributed by atoms with Crippen LogP contribution in [0.15, 0.2) is 28.7 Å². The quantitative estimate of drug-likeness (QED) is 0.215. The van der Waals surface area contributed by atoms with Crippen molar-refractivity contribution in [3.05, 3.63) is 34.3 Å². The topological polar surface area (TPSA) is 119 Å². The van der Waals surface area contributed by atoms with E-state index in [1.165, 1.54) is 0 Å². The summed E-state index contributed by atoms with van der Waals surface area (Å²) in [5.41, 5.74) is 0.0407. The molecule has 1 fully saturated rings. The number of halogens is 1. The van der Waals surface area contributed by atoms with Gasteiger partial charge in [-0.3, -0.25) is 24.4 Å². The van der Waals surface area contributed by atoms with Gasteiger partial charge >= 0.3 is 0 Å². The van der Waals surface area contributed by atoms with Gasteiger partial charge in [-0.15, -0.1) is 0 Å². The molecule has 1 saturated heterocycles. The minimum atomic E-state index is -0.758. The Balaban J connectivity index is 2.00. The highest BCUT2D eigenvalue weighted by Gasteiger charge is 2.38. The van der Waals surface area contributed by atoms with Crippen molar-refractivity contribution in [3.8, 4) is 0 Å². The van der Waals surface area contributed by atoms with Crippen LogP contribution in [0.1, 0.15) is 70.2 Å². The SMILES string of the molecule is CCCC[C@H](CN(O)C=O)C(=O)N[C@H](C(=O)N1CCC(NC(=O)c2ccc(Br)cc2)CC1)C(C)(C)C. The maximum absolute atomic E-state index is 13.5. The van der Waals surface area contributed by atoms with Crippen LogP contribution in [0, 0.1) is 11.3 Å². The summed E-state index contributed by atoms with van der Waals surface area (Å²) in [7, 11) is 0. The van der Waals surface area contributed by atoms with Gasteiger partial charge < -0.3 is 15.5 Å². The van der Waals surface area contributed by atoms with Crippen molar-refractivity contribution in [2.24, 2.45) is 11.3 Å². The Morgan fingerprint density at radius 2 is 1.81 bits per heavy atom. The first-order valence-electron chi connectivity index (χ1n) is 12.5. The number of unbranched alkanes of at least 4 members (excludes halogenated alkanes) is 1. The minimum Gasteiger partial charge on any atom is -0.349 e. The Morgan fingerprint density at radius 3 is 2.33 bits per heavy atom. The van der Waals surface area contributed by atoms with Crippen LogP contribution in [-0.4, -0.2) is 71.0 Å². The number of amides is 4. The largest absolute Gasteiger partial charge is 0.349 e. The minimum absolute atomic E-state index is 0.0369. The molecule has 1 heterocycles. The number of nitrogens with zero attached hydrogens (tertiary/aromatic N) is 2. The smallest absolute Gasteiger partial charge is 0.251 e. The monoisotopic (exact) mass is 566 g/mol. The molecule has 0 aromatic heterocycles. The molecule has 0 aliphatic carbocycles. The van der Waals surface area contributed by atoms with Crippen molar-refractivity contribution < 1.29 is 24.4 Å². The summed E-state index contributed by atoms with van der Waals surface area (Å²) in [6.45, 7) is 8.51. The van der Waals surface area contributed by atoms with E-state index in [9.17, 15) is 24.4 Å². The highest BCUT2D eigenvalue weighted by atomic mass is 79.9. The number of rotatable bonds is 11. The molecule has 0 radical (unpaired) electrons. The lowest BCUT2D eigenvalue weighted by Gasteiger charge is -2.39. The Hall–Kier alpha value is -2.46. The third kappa shape index (κ3) is 8.89. The Kier molecular flexibility index (Phi) is 11.4. The number of hydroxylamine groups is 2. The van der Waals surface area contributed by atoms with E-state index in [0.717, 1.165) is 17.3 Å². The number of carbonyl (C=O) groups excluding carboxylic acids is 4. The predicted octanol–water partition coefficient (Wildman–Crippen LogP) is 3.35. The van der Waals surface area contributed by atoms with E-state index < -0.39 is 17.4 Å². The highest BCUT2D eigenvalue weighted by molar-refractivity contribution is 9.10. The van der Waals surface area contributed by atoms with Gasteiger partial charge in [-0.2, -0.15) is 0 Å². The van der Waals surface area contributed by atoms with E-state index >= 15 is 0 Å². The highest BCUT2D eigenvalue weighted by Crippen LogP contribution is 2.24. The molecule has 0 bridgehead atoms.